The monoisotopic (exact) mass is 215 g/mol. The predicted molar refractivity (Wildman–Crippen MR) is 65.3 cm³/mol. The highest BCUT2D eigenvalue weighted by molar-refractivity contribution is 5.76. The Morgan fingerprint density at radius 2 is 2.19 bits per heavy atom. The maximum atomic E-state index is 6.09. The highest BCUT2D eigenvalue weighted by Crippen LogP contribution is 2.50. The molecule has 1 aliphatic rings. The van der Waals surface area contributed by atoms with Crippen LogP contribution in [0.3, 0.4) is 0 Å². The molecule has 0 radical (unpaired) electrons. The molecule has 1 saturated carbocycles. The molecular weight excluding hydrogens is 198 g/mol. The zero-order chi connectivity index (χ0) is 11.3. The average Bonchev–Trinajstić information content (AvgIpc) is 3.00. The second kappa shape index (κ2) is 3.08. The van der Waals surface area contributed by atoms with Crippen molar-refractivity contribution in [3.05, 3.63) is 30.1 Å². The van der Waals surface area contributed by atoms with Gasteiger partial charge in [-0.25, -0.2) is 4.98 Å². The highest BCUT2D eigenvalue weighted by atomic mass is 15.0. The first-order chi connectivity index (χ1) is 7.63. The third-order valence-electron chi connectivity index (χ3n) is 3.96. The van der Waals surface area contributed by atoms with Crippen LogP contribution in [0.4, 0.5) is 0 Å². The third kappa shape index (κ3) is 1.21. The minimum atomic E-state index is 0.228. The second-order valence-electron chi connectivity index (χ2n) is 5.00. The van der Waals surface area contributed by atoms with Crippen molar-refractivity contribution in [2.24, 2.45) is 12.8 Å². The SMILES string of the molecule is CC(N)C1(c2ccc3c(c2)ncn3C)CC1. The van der Waals surface area contributed by atoms with Crippen molar-refractivity contribution in [2.75, 3.05) is 0 Å². The van der Waals surface area contributed by atoms with Crippen LogP contribution in [0, 0.1) is 0 Å². The lowest BCUT2D eigenvalue weighted by atomic mass is 9.89. The summed E-state index contributed by atoms with van der Waals surface area (Å²) in [5.41, 5.74) is 9.93. The number of imidazole rings is 1. The molecule has 3 rings (SSSR count). The summed E-state index contributed by atoms with van der Waals surface area (Å²) in [6, 6.07) is 6.79. The van der Waals surface area contributed by atoms with E-state index >= 15 is 0 Å². The molecule has 1 fully saturated rings. The van der Waals surface area contributed by atoms with E-state index in [4.69, 9.17) is 5.73 Å². The van der Waals surface area contributed by atoms with E-state index < -0.39 is 0 Å². The number of rotatable bonds is 2. The van der Waals surface area contributed by atoms with Crippen LogP contribution in [0.5, 0.6) is 0 Å². The fraction of sp³-hybridized carbons (Fsp3) is 0.462. The fourth-order valence-corrected chi connectivity index (χ4v) is 2.59. The lowest BCUT2D eigenvalue weighted by Gasteiger charge is -2.19. The molecule has 1 heterocycles. The molecule has 1 aromatic heterocycles. The molecular formula is C13H17N3. The molecule has 1 atom stereocenters. The van der Waals surface area contributed by atoms with Gasteiger partial charge in [-0.05, 0) is 37.5 Å². The summed E-state index contributed by atoms with van der Waals surface area (Å²) < 4.78 is 2.05. The van der Waals surface area contributed by atoms with E-state index in [-0.39, 0.29) is 11.5 Å². The summed E-state index contributed by atoms with van der Waals surface area (Å²) in [6.07, 6.45) is 4.28. The molecule has 0 bridgehead atoms. The molecule has 3 heteroatoms. The van der Waals surface area contributed by atoms with Crippen LogP contribution in [0.15, 0.2) is 24.5 Å². The Kier molecular flexibility index (Phi) is 1.89. The van der Waals surface area contributed by atoms with E-state index in [0.29, 0.717) is 0 Å². The van der Waals surface area contributed by atoms with Crippen molar-refractivity contribution >= 4 is 11.0 Å². The van der Waals surface area contributed by atoms with Crippen molar-refractivity contribution in [1.29, 1.82) is 0 Å². The molecule has 3 nitrogen and oxygen atoms in total. The molecule has 0 aliphatic heterocycles. The normalized spacial score (nSPS) is 19.9. The van der Waals surface area contributed by atoms with Gasteiger partial charge >= 0.3 is 0 Å². The van der Waals surface area contributed by atoms with Crippen LogP contribution >= 0.6 is 0 Å². The Bertz CT molecular complexity index is 535. The summed E-state index contributed by atoms with van der Waals surface area (Å²) in [7, 11) is 2.02. The van der Waals surface area contributed by atoms with Gasteiger partial charge in [0.1, 0.15) is 0 Å². The van der Waals surface area contributed by atoms with E-state index in [1.54, 1.807) is 0 Å². The Balaban J connectivity index is 2.12. The molecule has 84 valence electrons. The maximum Gasteiger partial charge on any atom is 0.0955 e. The molecule has 1 aromatic carbocycles. The van der Waals surface area contributed by atoms with Crippen LogP contribution in [-0.4, -0.2) is 15.6 Å². The van der Waals surface area contributed by atoms with Crippen molar-refractivity contribution in [3.8, 4) is 0 Å². The van der Waals surface area contributed by atoms with Gasteiger partial charge in [0.25, 0.3) is 0 Å². The van der Waals surface area contributed by atoms with Crippen LogP contribution in [0.25, 0.3) is 11.0 Å². The van der Waals surface area contributed by atoms with Gasteiger partial charge in [0.05, 0.1) is 17.4 Å². The van der Waals surface area contributed by atoms with Gasteiger partial charge in [-0.15, -0.1) is 0 Å². The van der Waals surface area contributed by atoms with E-state index in [2.05, 4.69) is 30.1 Å². The van der Waals surface area contributed by atoms with Gasteiger partial charge in [0.15, 0.2) is 0 Å². The lowest BCUT2D eigenvalue weighted by molar-refractivity contribution is 0.557. The molecule has 1 unspecified atom stereocenters. The van der Waals surface area contributed by atoms with Crippen molar-refractivity contribution < 1.29 is 0 Å². The summed E-state index contributed by atoms with van der Waals surface area (Å²) in [4.78, 5) is 4.40. The second-order valence-corrected chi connectivity index (χ2v) is 5.00. The Labute approximate surface area is 95.3 Å². The minimum absolute atomic E-state index is 0.228. The number of fused-ring (bicyclic) bond motifs is 1. The highest BCUT2D eigenvalue weighted by Gasteiger charge is 2.47. The topological polar surface area (TPSA) is 43.8 Å². The maximum absolute atomic E-state index is 6.09. The van der Waals surface area contributed by atoms with E-state index in [1.165, 1.54) is 23.9 Å². The first-order valence-corrected chi connectivity index (χ1v) is 5.81. The standard InChI is InChI=1S/C13H17N3/c1-9(14)13(5-6-13)10-3-4-12-11(7-10)15-8-16(12)2/h3-4,7-9H,5-6,14H2,1-2H3. The number of aryl methyl sites for hydroxylation is 1. The molecule has 2 aromatic rings. The molecule has 2 N–H and O–H groups in total. The quantitative estimate of drug-likeness (QED) is 0.832. The Morgan fingerprint density at radius 3 is 2.81 bits per heavy atom. The van der Waals surface area contributed by atoms with E-state index in [1.807, 2.05) is 17.9 Å². The van der Waals surface area contributed by atoms with E-state index in [9.17, 15) is 0 Å². The summed E-state index contributed by atoms with van der Waals surface area (Å²) in [6.45, 7) is 2.11. The summed E-state index contributed by atoms with van der Waals surface area (Å²) in [5.74, 6) is 0. The lowest BCUT2D eigenvalue weighted by Crippen LogP contribution is -2.31. The fourth-order valence-electron chi connectivity index (χ4n) is 2.59. The number of nitrogens with two attached hydrogens (primary N) is 1. The number of hydrogen-bond acceptors (Lipinski definition) is 2. The van der Waals surface area contributed by atoms with Gasteiger partial charge in [-0.1, -0.05) is 6.07 Å². The number of benzene rings is 1. The van der Waals surface area contributed by atoms with Gasteiger partial charge < -0.3 is 10.3 Å². The molecule has 0 spiro atoms. The van der Waals surface area contributed by atoms with Gasteiger partial charge in [0, 0.05) is 18.5 Å². The number of nitrogens with zero attached hydrogens (tertiary/aromatic N) is 2. The molecule has 0 amide bonds. The summed E-state index contributed by atoms with van der Waals surface area (Å²) >= 11 is 0. The van der Waals surface area contributed by atoms with Crippen molar-refractivity contribution in [2.45, 2.75) is 31.2 Å². The van der Waals surface area contributed by atoms with E-state index in [0.717, 1.165) is 5.52 Å². The largest absolute Gasteiger partial charge is 0.334 e. The molecule has 0 saturated heterocycles. The van der Waals surface area contributed by atoms with Gasteiger partial charge in [-0.2, -0.15) is 0 Å². The molecule has 1 aliphatic carbocycles. The Morgan fingerprint density at radius 1 is 1.44 bits per heavy atom. The van der Waals surface area contributed by atoms with Crippen molar-refractivity contribution in [1.82, 2.24) is 9.55 Å². The Hall–Kier alpha value is -1.35. The number of hydrogen-bond donors (Lipinski definition) is 1. The van der Waals surface area contributed by atoms with Crippen LogP contribution in [0.2, 0.25) is 0 Å². The summed E-state index contributed by atoms with van der Waals surface area (Å²) in [5, 5.41) is 0. The average molecular weight is 215 g/mol. The first-order valence-electron chi connectivity index (χ1n) is 5.81. The number of aromatic nitrogens is 2. The zero-order valence-electron chi connectivity index (χ0n) is 9.77. The third-order valence-corrected chi connectivity index (χ3v) is 3.96. The van der Waals surface area contributed by atoms with Gasteiger partial charge in [0.2, 0.25) is 0 Å². The van der Waals surface area contributed by atoms with Crippen LogP contribution < -0.4 is 5.73 Å². The predicted octanol–water partition coefficient (Wildman–Crippen LogP) is 1.95. The molecule has 16 heavy (non-hydrogen) atoms. The first kappa shape index (κ1) is 9.85. The van der Waals surface area contributed by atoms with Crippen molar-refractivity contribution in [3.63, 3.8) is 0 Å². The zero-order valence-corrected chi connectivity index (χ0v) is 9.77. The minimum Gasteiger partial charge on any atom is -0.334 e. The van der Waals surface area contributed by atoms with Crippen LogP contribution in [0.1, 0.15) is 25.3 Å². The smallest absolute Gasteiger partial charge is 0.0955 e. The van der Waals surface area contributed by atoms with Crippen LogP contribution in [-0.2, 0) is 12.5 Å². The van der Waals surface area contributed by atoms with Gasteiger partial charge in [-0.3, -0.25) is 0 Å².